The second-order valence-corrected chi connectivity index (χ2v) is 5.05. The molecule has 1 amide bonds. The van der Waals surface area contributed by atoms with Crippen molar-refractivity contribution in [2.45, 2.75) is 6.92 Å². The molecule has 0 bridgehead atoms. The number of imidazole rings is 1. The van der Waals surface area contributed by atoms with Crippen LogP contribution in [-0.4, -0.2) is 21.9 Å². The zero-order valence-electron chi connectivity index (χ0n) is 12.5. The number of nitrogens with zero attached hydrogens (tertiary/aromatic N) is 2. The molecule has 0 unspecified atom stereocenters. The van der Waals surface area contributed by atoms with E-state index in [1.54, 1.807) is 28.9 Å². The number of carbonyl (C=O) groups is 1. The number of benzene rings is 1. The van der Waals surface area contributed by atoms with Crippen molar-refractivity contribution in [2.24, 2.45) is 0 Å². The minimum atomic E-state index is -1.65. The summed E-state index contributed by atoms with van der Waals surface area (Å²) in [6.45, 7) is 1.37. The van der Waals surface area contributed by atoms with Crippen LogP contribution in [-0.2, 0) is 4.79 Å². The Morgan fingerprint density at radius 1 is 1.25 bits per heavy atom. The number of nitrogens with one attached hydrogen (secondary N) is 1. The first kappa shape index (κ1) is 15.9. The van der Waals surface area contributed by atoms with Crippen molar-refractivity contribution >= 4 is 17.2 Å². The Labute approximate surface area is 134 Å². The van der Waals surface area contributed by atoms with Gasteiger partial charge in [0.1, 0.15) is 0 Å². The fourth-order valence-electron chi connectivity index (χ4n) is 2.17. The van der Waals surface area contributed by atoms with Gasteiger partial charge in [-0.3, -0.25) is 4.79 Å². The summed E-state index contributed by atoms with van der Waals surface area (Å²) in [6, 6.07) is 5.01. The second kappa shape index (κ2) is 6.23. The smallest absolute Gasteiger partial charge is 0.262 e. The molecule has 0 radical (unpaired) electrons. The molecule has 8 heteroatoms. The van der Waals surface area contributed by atoms with Gasteiger partial charge < -0.3 is 14.5 Å². The third-order valence-electron chi connectivity index (χ3n) is 3.24. The number of hydrogen-bond donors (Lipinski definition) is 1. The molecule has 2 heterocycles. The highest BCUT2D eigenvalue weighted by Crippen LogP contribution is 2.21. The van der Waals surface area contributed by atoms with Gasteiger partial charge in [-0.25, -0.2) is 18.2 Å². The van der Waals surface area contributed by atoms with E-state index >= 15 is 0 Å². The largest absolute Gasteiger partial charge is 0.480 e. The molecule has 0 aliphatic rings. The third-order valence-corrected chi connectivity index (χ3v) is 3.24. The van der Waals surface area contributed by atoms with Crippen LogP contribution in [0, 0.1) is 24.4 Å². The zero-order chi connectivity index (χ0) is 17.3. The van der Waals surface area contributed by atoms with Gasteiger partial charge in [0.15, 0.2) is 35.5 Å². The lowest BCUT2D eigenvalue weighted by atomic mass is 10.3. The number of halogens is 3. The minimum absolute atomic E-state index is 0.367. The number of ether oxygens (including phenoxy) is 1. The van der Waals surface area contributed by atoms with E-state index in [1.165, 1.54) is 0 Å². The van der Waals surface area contributed by atoms with Crippen molar-refractivity contribution < 1.29 is 22.7 Å². The van der Waals surface area contributed by atoms with Gasteiger partial charge in [0.05, 0.1) is 11.4 Å². The van der Waals surface area contributed by atoms with Crippen molar-refractivity contribution in [3.63, 3.8) is 0 Å². The molecule has 0 saturated heterocycles. The number of anilines is 1. The van der Waals surface area contributed by atoms with E-state index in [4.69, 9.17) is 4.74 Å². The first-order valence-corrected chi connectivity index (χ1v) is 6.96. The molecule has 24 heavy (non-hydrogen) atoms. The van der Waals surface area contributed by atoms with Crippen molar-refractivity contribution in [1.82, 2.24) is 9.38 Å². The molecule has 2 aromatic heterocycles. The molecular formula is C16H12F3N3O2. The fourth-order valence-corrected chi connectivity index (χ4v) is 2.17. The fraction of sp³-hybridized carbons (Fsp3) is 0.125. The SMILES string of the molecule is Cc1cn2cccc(OCC(=O)Nc3ccc(F)c(F)c3F)c2n1. The van der Waals surface area contributed by atoms with Crippen molar-refractivity contribution in [2.75, 3.05) is 11.9 Å². The minimum Gasteiger partial charge on any atom is -0.480 e. The standard InChI is InChI=1S/C16H12F3N3O2/c1-9-7-22-6-2-3-12(16(22)20-9)24-8-13(23)21-11-5-4-10(17)14(18)15(11)19/h2-7H,8H2,1H3,(H,21,23). The number of pyridine rings is 1. The monoisotopic (exact) mass is 335 g/mol. The van der Waals surface area contributed by atoms with Gasteiger partial charge in [-0.2, -0.15) is 0 Å². The number of aryl methyl sites for hydroxylation is 1. The third kappa shape index (κ3) is 3.03. The van der Waals surface area contributed by atoms with Gasteiger partial charge in [-0.15, -0.1) is 0 Å². The summed E-state index contributed by atoms with van der Waals surface area (Å²) in [4.78, 5) is 16.1. The first-order valence-electron chi connectivity index (χ1n) is 6.96. The van der Waals surface area contributed by atoms with Gasteiger partial charge in [-0.05, 0) is 31.2 Å². The van der Waals surface area contributed by atoms with Gasteiger partial charge >= 0.3 is 0 Å². The van der Waals surface area contributed by atoms with Gasteiger partial charge in [0, 0.05) is 12.4 Å². The molecular weight excluding hydrogens is 323 g/mol. The van der Waals surface area contributed by atoms with Crippen LogP contribution in [0.15, 0.2) is 36.7 Å². The molecule has 1 N–H and O–H groups in total. The summed E-state index contributed by atoms with van der Waals surface area (Å²) in [7, 11) is 0. The van der Waals surface area contributed by atoms with E-state index in [2.05, 4.69) is 10.3 Å². The average Bonchev–Trinajstić information content (AvgIpc) is 2.94. The van der Waals surface area contributed by atoms with E-state index < -0.39 is 35.7 Å². The maximum Gasteiger partial charge on any atom is 0.262 e. The van der Waals surface area contributed by atoms with Crippen molar-refractivity contribution in [3.8, 4) is 5.75 Å². The summed E-state index contributed by atoms with van der Waals surface area (Å²) in [5, 5.41) is 2.13. The summed E-state index contributed by atoms with van der Waals surface area (Å²) >= 11 is 0. The summed E-state index contributed by atoms with van der Waals surface area (Å²) < 4.78 is 46.6. The summed E-state index contributed by atoms with van der Waals surface area (Å²) in [5.41, 5.74) is 0.846. The molecule has 3 rings (SSSR count). The molecule has 124 valence electrons. The molecule has 0 aliphatic carbocycles. The van der Waals surface area contributed by atoms with Gasteiger partial charge in [-0.1, -0.05) is 0 Å². The molecule has 5 nitrogen and oxygen atoms in total. The Hall–Kier alpha value is -3.03. The van der Waals surface area contributed by atoms with Crippen molar-refractivity contribution in [1.29, 1.82) is 0 Å². The van der Waals surface area contributed by atoms with E-state index in [-0.39, 0.29) is 0 Å². The number of carbonyl (C=O) groups excluding carboxylic acids is 1. The highest BCUT2D eigenvalue weighted by molar-refractivity contribution is 5.92. The van der Waals surface area contributed by atoms with Crippen LogP contribution in [0.5, 0.6) is 5.75 Å². The Morgan fingerprint density at radius 2 is 2.04 bits per heavy atom. The number of aromatic nitrogens is 2. The topological polar surface area (TPSA) is 55.6 Å². The molecule has 0 atom stereocenters. The maximum absolute atomic E-state index is 13.5. The predicted octanol–water partition coefficient (Wildman–Crippen LogP) is 3.08. The number of amides is 1. The quantitative estimate of drug-likeness (QED) is 0.746. The molecule has 1 aromatic carbocycles. The highest BCUT2D eigenvalue weighted by atomic mass is 19.2. The molecule has 0 saturated carbocycles. The molecule has 0 fully saturated rings. The lowest BCUT2D eigenvalue weighted by Gasteiger charge is -2.09. The number of rotatable bonds is 4. The average molecular weight is 335 g/mol. The zero-order valence-corrected chi connectivity index (χ0v) is 12.5. The number of hydrogen-bond acceptors (Lipinski definition) is 3. The van der Waals surface area contributed by atoms with E-state index in [0.717, 1.165) is 17.8 Å². The predicted molar refractivity (Wildman–Crippen MR) is 80.4 cm³/mol. The van der Waals surface area contributed by atoms with Crippen LogP contribution in [0.2, 0.25) is 0 Å². The van der Waals surface area contributed by atoms with Crippen LogP contribution in [0.25, 0.3) is 5.65 Å². The van der Waals surface area contributed by atoms with Crippen LogP contribution in [0.4, 0.5) is 18.9 Å². The highest BCUT2D eigenvalue weighted by Gasteiger charge is 2.16. The Balaban J connectivity index is 1.70. The molecule has 0 aliphatic heterocycles. The second-order valence-electron chi connectivity index (χ2n) is 5.05. The Kier molecular flexibility index (Phi) is 4.11. The normalized spacial score (nSPS) is 10.8. The summed E-state index contributed by atoms with van der Waals surface area (Å²) in [6.07, 6.45) is 3.57. The van der Waals surface area contributed by atoms with E-state index in [1.807, 2.05) is 6.92 Å². The maximum atomic E-state index is 13.5. The van der Waals surface area contributed by atoms with E-state index in [9.17, 15) is 18.0 Å². The molecule has 3 aromatic rings. The van der Waals surface area contributed by atoms with Crippen molar-refractivity contribution in [3.05, 3.63) is 59.8 Å². The van der Waals surface area contributed by atoms with E-state index in [0.29, 0.717) is 11.4 Å². The molecule has 0 spiro atoms. The van der Waals surface area contributed by atoms with Crippen LogP contribution in [0.3, 0.4) is 0 Å². The number of fused-ring (bicyclic) bond motifs is 1. The lowest BCUT2D eigenvalue weighted by Crippen LogP contribution is -2.21. The first-order chi connectivity index (χ1) is 11.5. The van der Waals surface area contributed by atoms with Crippen LogP contribution < -0.4 is 10.1 Å². The Bertz CT molecular complexity index is 924. The van der Waals surface area contributed by atoms with Crippen LogP contribution in [0.1, 0.15) is 5.69 Å². The Morgan fingerprint density at radius 3 is 2.83 bits per heavy atom. The lowest BCUT2D eigenvalue weighted by molar-refractivity contribution is -0.118. The van der Waals surface area contributed by atoms with Crippen LogP contribution >= 0.6 is 0 Å². The van der Waals surface area contributed by atoms with Gasteiger partial charge in [0.25, 0.3) is 5.91 Å². The van der Waals surface area contributed by atoms with Gasteiger partial charge in [0.2, 0.25) is 0 Å². The summed E-state index contributed by atoms with van der Waals surface area (Å²) in [5.74, 6) is -4.79.